The Morgan fingerprint density at radius 3 is 2.88 bits per heavy atom. The van der Waals surface area contributed by atoms with Gasteiger partial charge in [0, 0.05) is 6.92 Å². The van der Waals surface area contributed by atoms with E-state index < -0.39 is 0 Å². The van der Waals surface area contributed by atoms with Crippen LogP contribution in [0.4, 0.5) is 0 Å². The average Bonchev–Trinajstić information content (AvgIpc) is 2.27. The maximum Gasteiger partial charge on any atom is 0.302 e. The summed E-state index contributed by atoms with van der Waals surface area (Å²) in [6.07, 6.45) is 11.2. The first kappa shape index (κ1) is 14.0. The van der Waals surface area contributed by atoms with Crippen molar-refractivity contribution >= 4 is 5.97 Å². The van der Waals surface area contributed by atoms with Crippen molar-refractivity contribution in [2.45, 2.75) is 46.5 Å². The third kappa shape index (κ3) is 5.71. The van der Waals surface area contributed by atoms with Crippen molar-refractivity contribution in [1.29, 1.82) is 0 Å². The van der Waals surface area contributed by atoms with E-state index in [0.29, 0.717) is 6.61 Å². The zero-order valence-corrected chi connectivity index (χ0v) is 11.2. The van der Waals surface area contributed by atoms with Crippen molar-refractivity contribution in [3.8, 4) is 0 Å². The van der Waals surface area contributed by atoms with Crippen LogP contribution in [0.15, 0.2) is 23.8 Å². The van der Waals surface area contributed by atoms with Crippen LogP contribution in [0.1, 0.15) is 46.5 Å². The quantitative estimate of drug-likeness (QED) is 0.692. The highest BCUT2D eigenvalue weighted by molar-refractivity contribution is 5.65. The number of hydrogen-bond donors (Lipinski definition) is 0. The van der Waals surface area contributed by atoms with Gasteiger partial charge >= 0.3 is 5.97 Å². The van der Waals surface area contributed by atoms with E-state index in [2.05, 4.69) is 19.9 Å². The normalized spacial score (nSPS) is 27.6. The Morgan fingerprint density at radius 1 is 1.47 bits per heavy atom. The number of allylic oxidation sites excluding steroid dienone is 3. The van der Waals surface area contributed by atoms with Crippen LogP contribution in [-0.2, 0) is 9.53 Å². The van der Waals surface area contributed by atoms with Gasteiger partial charge in [-0.2, -0.15) is 0 Å². The number of ether oxygens (including phenoxy) is 1. The summed E-state index contributed by atoms with van der Waals surface area (Å²) >= 11 is 0. The van der Waals surface area contributed by atoms with Gasteiger partial charge in [-0.05, 0) is 37.2 Å². The molecule has 0 aromatic heterocycles. The van der Waals surface area contributed by atoms with Crippen LogP contribution < -0.4 is 0 Å². The second-order valence-electron chi connectivity index (χ2n) is 5.08. The van der Waals surface area contributed by atoms with Gasteiger partial charge in [-0.3, -0.25) is 4.79 Å². The van der Waals surface area contributed by atoms with Gasteiger partial charge in [-0.25, -0.2) is 0 Å². The van der Waals surface area contributed by atoms with E-state index in [1.54, 1.807) is 0 Å². The number of carbonyl (C=O) groups excluding carboxylic acids is 1. The van der Waals surface area contributed by atoms with Crippen molar-refractivity contribution < 1.29 is 9.53 Å². The summed E-state index contributed by atoms with van der Waals surface area (Å²) in [5, 5.41) is 0. The first-order valence-corrected chi connectivity index (χ1v) is 6.59. The predicted octanol–water partition coefficient (Wildman–Crippen LogP) is 3.88. The minimum Gasteiger partial charge on any atom is -0.462 e. The molecule has 0 saturated heterocycles. The highest BCUT2D eigenvalue weighted by atomic mass is 16.5. The van der Waals surface area contributed by atoms with Gasteiger partial charge in [0.1, 0.15) is 6.61 Å². The smallest absolute Gasteiger partial charge is 0.302 e. The van der Waals surface area contributed by atoms with Crippen LogP contribution in [0.25, 0.3) is 0 Å². The van der Waals surface area contributed by atoms with E-state index in [1.807, 2.05) is 12.2 Å². The SMILES string of the molecule is CCC1C/C(=C\C=C\COC(C)=O)CC(C)C1. The number of esters is 1. The van der Waals surface area contributed by atoms with Gasteiger partial charge in [0.25, 0.3) is 0 Å². The molecular weight excluding hydrogens is 212 g/mol. The summed E-state index contributed by atoms with van der Waals surface area (Å²) in [6.45, 7) is 6.42. The molecule has 0 aliphatic heterocycles. The lowest BCUT2D eigenvalue weighted by atomic mass is 9.78. The molecule has 0 N–H and O–H groups in total. The van der Waals surface area contributed by atoms with Gasteiger partial charge < -0.3 is 4.74 Å². The minimum absolute atomic E-state index is 0.223. The molecule has 2 atom stereocenters. The van der Waals surface area contributed by atoms with Gasteiger partial charge in [0.2, 0.25) is 0 Å². The molecule has 2 heteroatoms. The van der Waals surface area contributed by atoms with Crippen molar-refractivity contribution in [1.82, 2.24) is 0 Å². The highest BCUT2D eigenvalue weighted by Crippen LogP contribution is 2.34. The standard InChI is InChI=1S/C15H24O2/c1-4-14-9-12(2)10-15(11-14)7-5-6-8-17-13(3)16/h5-7,12,14H,4,8-11H2,1-3H3/b6-5+,15-7-. The molecule has 2 unspecified atom stereocenters. The number of carbonyl (C=O) groups is 1. The fraction of sp³-hybridized carbons (Fsp3) is 0.667. The van der Waals surface area contributed by atoms with Crippen LogP contribution in [0.3, 0.4) is 0 Å². The molecule has 1 aliphatic carbocycles. The highest BCUT2D eigenvalue weighted by Gasteiger charge is 2.20. The van der Waals surface area contributed by atoms with Crippen molar-refractivity contribution in [3.63, 3.8) is 0 Å². The minimum atomic E-state index is -0.223. The van der Waals surface area contributed by atoms with Gasteiger partial charge in [-0.1, -0.05) is 38.0 Å². The lowest BCUT2D eigenvalue weighted by Gasteiger charge is -2.28. The van der Waals surface area contributed by atoms with Crippen LogP contribution in [0.5, 0.6) is 0 Å². The predicted molar refractivity (Wildman–Crippen MR) is 70.7 cm³/mol. The first-order valence-electron chi connectivity index (χ1n) is 6.59. The van der Waals surface area contributed by atoms with E-state index in [4.69, 9.17) is 4.74 Å². The van der Waals surface area contributed by atoms with Crippen LogP contribution >= 0.6 is 0 Å². The summed E-state index contributed by atoms with van der Waals surface area (Å²) in [5.74, 6) is 1.44. The maximum absolute atomic E-state index is 10.6. The van der Waals surface area contributed by atoms with Crippen LogP contribution in [-0.4, -0.2) is 12.6 Å². The second-order valence-corrected chi connectivity index (χ2v) is 5.08. The number of rotatable bonds is 4. The fourth-order valence-corrected chi connectivity index (χ4v) is 2.51. The molecule has 96 valence electrons. The molecule has 1 aliphatic rings. The second kappa shape index (κ2) is 7.31. The molecule has 0 amide bonds. The number of hydrogen-bond acceptors (Lipinski definition) is 2. The molecule has 0 bridgehead atoms. The van der Waals surface area contributed by atoms with Gasteiger partial charge in [0.05, 0.1) is 0 Å². The molecule has 17 heavy (non-hydrogen) atoms. The Hall–Kier alpha value is -1.05. The zero-order chi connectivity index (χ0) is 12.7. The molecule has 2 nitrogen and oxygen atoms in total. The summed E-state index contributed by atoms with van der Waals surface area (Å²) in [7, 11) is 0. The van der Waals surface area contributed by atoms with Crippen molar-refractivity contribution in [2.75, 3.05) is 6.61 Å². The maximum atomic E-state index is 10.6. The molecule has 0 radical (unpaired) electrons. The third-order valence-electron chi connectivity index (χ3n) is 3.33. The zero-order valence-electron chi connectivity index (χ0n) is 11.2. The van der Waals surface area contributed by atoms with Crippen LogP contribution in [0.2, 0.25) is 0 Å². The lowest BCUT2D eigenvalue weighted by molar-refractivity contribution is -0.139. The van der Waals surface area contributed by atoms with E-state index in [0.717, 1.165) is 11.8 Å². The molecule has 0 aromatic rings. The summed E-state index contributed by atoms with van der Waals surface area (Å²) < 4.78 is 4.84. The average molecular weight is 236 g/mol. The van der Waals surface area contributed by atoms with Crippen molar-refractivity contribution in [3.05, 3.63) is 23.8 Å². The molecule has 0 spiro atoms. The van der Waals surface area contributed by atoms with Gasteiger partial charge in [0.15, 0.2) is 0 Å². The van der Waals surface area contributed by atoms with E-state index >= 15 is 0 Å². The van der Waals surface area contributed by atoms with Crippen LogP contribution in [0, 0.1) is 11.8 Å². The largest absolute Gasteiger partial charge is 0.462 e. The molecule has 1 rings (SSSR count). The van der Waals surface area contributed by atoms with E-state index in [1.165, 1.54) is 38.2 Å². The molecule has 0 heterocycles. The van der Waals surface area contributed by atoms with E-state index in [9.17, 15) is 4.79 Å². The lowest BCUT2D eigenvalue weighted by Crippen LogP contribution is -2.14. The summed E-state index contributed by atoms with van der Waals surface area (Å²) in [4.78, 5) is 10.6. The molecule has 0 aromatic carbocycles. The Labute approximate surface area is 105 Å². The van der Waals surface area contributed by atoms with Gasteiger partial charge in [-0.15, -0.1) is 0 Å². The van der Waals surface area contributed by atoms with Crippen molar-refractivity contribution in [2.24, 2.45) is 11.8 Å². The summed E-state index contributed by atoms with van der Waals surface area (Å²) in [6, 6.07) is 0. The van der Waals surface area contributed by atoms with E-state index in [-0.39, 0.29) is 5.97 Å². The topological polar surface area (TPSA) is 26.3 Å². The first-order chi connectivity index (χ1) is 8.11. The monoisotopic (exact) mass is 236 g/mol. The summed E-state index contributed by atoms with van der Waals surface area (Å²) in [5.41, 5.74) is 1.54. The Balaban J connectivity index is 2.39. The molecule has 1 fully saturated rings. The fourth-order valence-electron chi connectivity index (χ4n) is 2.51. The Bertz CT molecular complexity index is 302. The third-order valence-corrected chi connectivity index (χ3v) is 3.33. The Kier molecular flexibility index (Phi) is 6.03. The Morgan fingerprint density at radius 2 is 2.24 bits per heavy atom. The molecule has 1 saturated carbocycles. The molecular formula is C15H24O2.